The summed E-state index contributed by atoms with van der Waals surface area (Å²) in [5, 5.41) is 0. The summed E-state index contributed by atoms with van der Waals surface area (Å²) in [6, 6.07) is 0. The maximum atomic E-state index is 13.2. The van der Waals surface area contributed by atoms with Gasteiger partial charge in [-0.1, -0.05) is 116 Å². The number of esters is 1. The lowest BCUT2D eigenvalue weighted by atomic mass is 10.0. The highest BCUT2D eigenvalue weighted by Gasteiger charge is 2.38. The fraction of sp³-hybridized carbons (Fsp3) is 0.854. The highest BCUT2D eigenvalue weighted by molar-refractivity contribution is 7.47. The highest BCUT2D eigenvalue weighted by Crippen LogP contribution is 2.43. The first-order valence-electron chi connectivity index (χ1n) is 21.6. The molecule has 0 aromatic carbocycles. The van der Waals surface area contributed by atoms with Crippen LogP contribution in [0.3, 0.4) is 0 Å². The number of hydrogen-bond acceptors (Lipinski definition) is 12. The third kappa shape index (κ3) is 23.3. The molecule has 1 N–H and O–H groups in total. The summed E-state index contributed by atoms with van der Waals surface area (Å²) in [4.78, 5) is 36.2. The molecule has 330 valence electrons. The minimum absolute atomic E-state index is 0.0209. The molecule has 0 aliphatic carbocycles. The molecule has 1 aromatic heterocycles. The van der Waals surface area contributed by atoms with Crippen molar-refractivity contribution in [1.29, 1.82) is 0 Å². The molecule has 3 unspecified atom stereocenters. The van der Waals surface area contributed by atoms with Crippen LogP contribution in [0.15, 0.2) is 6.08 Å². The maximum absolute atomic E-state index is 13.2. The number of nitrogens with zero attached hydrogens (tertiary/aromatic N) is 4. The van der Waals surface area contributed by atoms with Crippen LogP contribution >= 0.6 is 19.6 Å². The molecule has 2 heterocycles. The number of likely N-dealkylation sites (N-methyl/N-ethyl adjacent to an activating group) is 2. The predicted molar refractivity (Wildman–Crippen MR) is 225 cm³/mol. The van der Waals surface area contributed by atoms with E-state index in [0.717, 1.165) is 62.2 Å². The summed E-state index contributed by atoms with van der Waals surface area (Å²) in [6.45, 7) is 7.55. The molecule has 1 aliphatic rings. The zero-order chi connectivity index (χ0) is 42.0. The van der Waals surface area contributed by atoms with Crippen LogP contribution < -0.4 is 4.74 Å². The largest absolute Gasteiger partial charge is 0.513 e. The Balaban J connectivity index is 1.88. The second kappa shape index (κ2) is 28.4. The van der Waals surface area contributed by atoms with Gasteiger partial charge in [-0.3, -0.25) is 18.3 Å². The highest BCUT2D eigenvalue weighted by atomic mass is 32.1. The number of carbonyl (C=O) groups excluding carboxylic acids is 2. The Hall–Kier alpha value is -2.13. The topological polar surface area (TPSA) is 153 Å². The molecule has 14 nitrogen and oxygen atoms in total. The molecule has 0 saturated heterocycles. The minimum atomic E-state index is -4.49. The van der Waals surface area contributed by atoms with Crippen LogP contribution in [0.5, 0.6) is 5.88 Å². The third-order valence-electron chi connectivity index (χ3n) is 10.3. The molecule has 2 rings (SSSR count). The van der Waals surface area contributed by atoms with Crippen LogP contribution in [0.2, 0.25) is 0 Å². The van der Waals surface area contributed by atoms with Crippen molar-refractivity contribution in [3.63, 3.8) is 0 Å². The van der Waals surface area contributed by atoms with Gasteiger partial charge in [0.25, 0.3) is 5.88 Å². The first kappa shape index (κ1) is 51.0. The molecule has 0 spiro atoms. The molecular formula is C41H77N4O10PS+2. The van der Waals surface area contributed by atoms with Crippen molar-refractivity contribution in [2.24, 2.45) is 0 Å². The lowest BCUT2D eigenvalue weighted by molar-refractivity contribution is -0.944. The molecule has 1 aromatic rings. The standard InChI is InChI=1S/C41H76N4O10PS/c1-8-10-12-14-15-16-17-18-19-20-21-22-23-27-38(46)51-33-37(34-53-56(48,49)52-31-29-44(4,5)6)55-41(47)54-35(3)45(7)28-25-26-36(32-45)39-40(43-57-42-39)50-30-24-13-11-9-2/h26,35,37H,8-25,27-34H2,1-7H3/q+1/p+1/t35-,37?,45?/m1/s1. The van der Waals surface area contributed by atoms with Gasteiger partial charge in [-0.05, 0) is 12.8 Å². The number of aromatic nitrogens is 2. The second-order valence-electron chi connectivity index (χ2n) is 16.7. The molecule has 4 atom stereocenters. The van der Waals surface area contributed by atoms with Crippen LogP contribution in [-0.2, 0) is 32.6 Å². The summed E-state index contributed by atoms with van der Waals surface area (Å²) < 4.78 is 55.5. The van der Waals surface area contributed by atoms with Crippen molar-refractivity contribution in [3.05, 3.63) is 11.8 Å². The zero-order valence-electron chi connectivity index (χ0n) is 36.4. The van der Waals surface area contributed by atoms with Gasteiger partial charge in [-0.2, -0.15) is 4.37 Å². The van der Waals surface area contributed by atoms with E-state index in [1.807, 2.05) is 28.2 Å². The van der Waals surface area contributed by atoms with E-state index in [0.29, 0.717) is 53.2 Å². The van der Waals surface area contributed by atoms with Gasteiger partial charge in [-0.15, -0.1) is 4.37 Å². The first-order valence-corrected chi connectivity index (χ1v) is 23.8. The molecule has 0 fully saturated rings. The molecule has 0 saturated carbocycles. The fourth-order valence-electron chi connectivity index (χ4n) is 6.45. The van der Waals surface area contributed by atoms with Crippen LogP contribution in [0, 0.1) is 0 Å². The quantitative estimate of drug-likeness (QED) is 0.0310. The summed E-state index contributed by atoms with van der Waals surface area (Å²) in [7, 11) is 3.29. The van der Waals surface area contributed by atoms with Gasteiger partial charge in [0.15, 0.2) is 6.10 Å². The number of phosphoric ester groups is 1. The summed E-state index contributed by atoms with van der Waals surface area (Å²) in [5.41, 5.74) is 1.68. The van der Waals surface area contributed by atoms with E-state index >= 15 is 0 Å². The smallest absolute Gasteiger partial charge is 0.475 e. The average molecular weight is 849 g/mol. The van der Waals surface area contributed by atoms with E-state index in [1.165, 1.54) is 64.2 Å². The van der Waals surface area contributed by atoms with Crippen molar-refractivity contribution >= 4 is 37.2 Å². The average Bonchev–Trinajstić information content (AvgIpc) is 3.62. The number of unbranched alkanes of at least 4 members (excludes halogenated alkanes) is 15. The first-order chi connectivity index (χ1) is 27.2. The van der Waals surface area contributed by atoms with Crippen LogP contribution in [-0.4, -0.2) is 121 Å². The zero-order valence-corrected chi connectivity index (χ0v) is 38.1. The van der Waals surface area contributed by atoms with Crippen molar-refractivity contribution in [3.8, 4) is 5.88 Å². The Labute approximate surface area is 348 Å². The monoisotopic (exact) mass is 849 g/mol. The Morgan fingerprint density at radius 3 is 2.05 bits per heavy atom. The lowest BCUT2D eigenvalue weighted by Crippen LogP contribution is -2.55. The minimum Gasteiger partial charge on any atom is -0.475 e. The van der Waals surface area contributed by atoms with Gasteiger partial charge in [0.2, 0.25) is 6.23 Å². The van der Waals surface area contributed by atoms with Crippen molar-refractivity contribution in [2.75, 3.05) is 74.3 Å². The SMILES string of the molecule is CCCCCCCCCCCCCCCC(=O)OCC(COP(=O)(O)OCC[N+](C)(C)C)OC(=O)O[C@H](C)[N+]1(C)CCC=C(c2nsnc2OCCCCCC)C1. The predicted octanol–water partition coefficient (Wildman–Crippen LogP) is 9.46. The van der Waals surface area contributed by atoms with Crippen LogP contribution in [0.1, 0.15) is 148 Å². The Bertz CT molecular complexity index is 1340. The molecule has 57 heavy (non-hydrogen) atoms. The van der Waals surface area contributed by atoms with Gasteiger partial charge in [0.1, 0.15) is 32.0 Å². The normalized spacial score (nSPS) is 18.0. The van der Waals surface area contributed by atoms with Gasteiger partial charge in [-0.25, -0.2) is 9.36 Å². The van der Waals surface area contributed by atoms with E-state index in [-0.39, 0.29) is 19.6 Å². The maximum Gasteiger partial charge on any atom is 0.513 e. The van der Waals surface area contributed by atoms with Crippen molar-refractivity contribution in [1.82, 2.24) is 8.75 Å². The fourth-order valence-corrected chi connectivity index (χ4v) is 7.73. The van der Waals surface area contributed by atoms with E-state index in [9.17, 15) is 19.0 Å². The summed E-state index contributed by atoms with van der Waals surface area (Å²) >= 11 is 1.11. The van der Waals surface area contributed by atoms with E-state index in [2.05, 4.69) is 28.7 Å². The number of phosphoric acid groups is 1. The second-order valence-corrected chi connectivity index (χ2v) is 18.7. The van der Waals surface area contributed by atoms with Gasteiger partial charge in [0.05, 0.1) is 59.7 Å². The van der Waals surface area contributed by atoms with E-state index < -0.39 is 38.9 Å². The third-order valence-corrected chi connectivity index (χ3v) is 11.8. The Morgan fingerprint density at radius 2 is 1.44 bits per heavy atom. The van der Waals surface area contributed by atoms with E-state index in [1.54, 1.807) is 6.92 Å². The molecular weight excluding hydrogens is 772 g/mol. The van der Waals surface area contributed by atoms with Crippen LogP contribution in [0.4, 0.5) is 4.79 Å². The number of quaternary nitrogens is 2. The van der Waals surface area contributed by atoms with Crippen LogP contribution in [0.25, 0.3) is 5.57 Å². The molecule has 16 heteroatoms. The molecule has 0 bridgehead atoms. The molecule has 0 amide bonds. The van der Waals surface area contributed by atoms with Gasteiger partial charge in [0, 0.05) is 25.3 Å². The Morgan fingerprint density at radius 1 is 0.842 bits per heavy atom. The molecule has 1 aliphatic heterocycles. The number of carbonyl (C=O) groups is 2. The molecule has 0 radical (unpaired) electrons. The summed E-state index contributed by atoms with van der Waals surface area (Å²) in [6.07, 6.45) is 20.2. The van der Waals surface area contributed by atoms with Gasteiger partial charge < -0.3 is 28.3 Å². The van der Waals surface area contributed by atoms with Crippen molar-refractivity contribution < 1.29 is 56.0 Å². The van der Waals surface area contributed by atoms with Crippen molar-refractivity contribution in [2.45, 2.75) is 155 Å². The number of hydrogen-bond donors (Lipinski definition) is 1. The number of ether oxygens (including phenoxy) is 4. The Kier molecular flexibility index (Phi) is 25.4. The lowest BCUT2D eigenvalue weighted by Gasteiger charge is -2.41. The number of rotatable bonds is 33. The van der Waals surface area contributed by atoms with E-state index in [4.69, 9.17) is 28.0 Å². The van der Waals surface area contributed by atoms with Gasteiger partial charge >= 0.3 is 19.9 Å². The summed E-state index contributed by atoms with van der Waals surface area (Å²) in [5.74, 6) is 0.0876.